The fourth-order valence-electron chi connectivity index (χ4n) is 2.73. The molecule has 0 fully saturated rings. The Balaban J connectivity index is 2.12. The molecule has 0 saturated heterocycles. The van der Waals surface area contributed by atoms with Crippen LogP contribution in [0.15, 0.2) is 35.4 Å². The number of thioether (sulfide) groups is 1. The summed E-state index contributed by atoms with van der Waals surface area (Å²) in [4.78, 5) is 19.2. The number of pyridine rings is 1. The molecule has 0 unspecified atom stereocenters. The zero-order valence-corrected chi connectivity index (χ0v) is 16.7. The molecule has 0 aliphatic rings. The van der Waals surface area contributed by atoms with Crippen LogP contribution in [0.2, 0.25) is 0 Å². The Bertz CT molecular complexity index is 812. The Morgan fingerprint density at radius 1 is 1.19 bits per heavy atom. The van der Waals surface area contributed by atoms with Crippen LogP contribution in [-0.2, 0) is 11.3 Å². The first-order valence-electron chi connectivity index (χ1n) is 8.80. The average Bonchev–Trinajstić information content (AvgIpc) is 2.64. The Morgan fingerprint density at radius 2 is 1.88 bits per heavy atom. The van der Waals surface area contributed by atoms with Gasteiger partial charge in [0.15, 0.2) is 0 Å². The highest BCUT2D eigenvalue weighted by molar-refractivity contribution is 8.00. The lowest BCUT2D eigenvalue weighted by atomic mass is 10.1. The highest BCUT2D eigenvalue weighted by atomic mass is 32.2. The lowest BCUT2D eigenvalue weighted by Crippen LogP contribution is -2.32. The third-order valence-corrected chi connectivity index (χ3v) is 5.43. The molecule has 0 radical (unpaired) electrons. The van der Waals surface area contributed by atoms with Gasteiger partial charge in [-0.3, -0.25) is 4.79 Å². The molecule has 4 nitrogen and oxygen atoms in total. The van der Waals surface area contributed by atoms with Crippen molar-refractivity contribution in [2.75, 3.05) is 12.3 Å². The van der Waals surface area contributed by atoms with Gasteiger partial charge in [-0.1, -0.05) is 49.0 Å². The number of aryl methyl sites for hydroxylation is 1. The van der Waals surface area contributed by atoms with Crippen molar-refractivity contribution in [2.45, 2.75) is 45.7 Å². The van der Waals surface area contributed by atoms with Crippen molar-refractivity contribution in [1.82, 2.24) is 9.88 Å². The van der Waals surface area contributed by atoms with Crippen LogP contribution in [0, 0.1) is 32.1 Å². The number of nitrogens with zero attached hydrogens (tertiary/aromatic N) is 3. The number of aromatic nitrogens is 1. The summed E-state index contributed by atoms with van der Waals surface area (Å²) in [6, 6.07) is 12.3. The van der Waals surface area contributed by atoms with E-state index in [9.17, 15) is 10.1 Å². The molecule has 0 bridgehead atoms. The van der Waals surface area contributed by atoms with E-state index >= 15 is 0 Å². The van der Waals surface area contributed by atoms with Gasteiger partial charge in [-0.25, -0.2) is 4.98 Å². The molecule has 26 heavy (non-hydrogen) atoms. The molecule has 0 N–H and O–H groups in total. The first-order valence-corrected chi connectivity index (χ1v) is 9.78. The summed E-state index contributed by atoms with van der Waals surface area (Å²) in [6.07, 6.45) is 0.910. The zero-order chi connectivity index (χ0) is 19.1. The second kappa shape index (κ2) is 9.40. The van der Waals surface area contributed by atoms with Crippen LogP contribution in [0.4, 0.5) is 0 Å². The van der Waals surface area contributed by atoms with Crippen LogP contribution >= 0.6 is 11.8 Å². The number of carbonyl (C=O) groups is 1. The van der Waals surface area contributed by atoms with Gasteiger partial charge >= 0.3 is 0 Å². The van der Waals surface area contributed by atoms with E-state index in [4.69, 9.17) is 0 Å². The molecule has 1 amide bonds. The van der Waals surface area contributed by atoms with E-state index in [-0.39, 0.29) is 11.7 Å². The molecule has 1 aromatic carbocycles. The molecule has 2 aromatic rings. The number of hydrogen-bond donors (Lipinski definition) is 0. The Morgan fingerprint density at radius 3 is 2.50 bits per heavy atom. The zero-order valence-electron chi connectivity index (χ0n) is 15.9. The molecular formula is C21H25N3OS. The van der Waals surface area contributed by atoms with Gasteiger partial charge in [-0.15, -0.1) is 0 Å². The number of hydrogen-bond acceptors (Lipinski definition) is 4. The molecule has 0 spiro atoms. The SMILES string of the molecule is CCCN(Cc1ccccc1)C(=O)CSc1nc(C)c(C)c(C)c1C#N. The molecular weight excluding hydrogens is 342 g/mol. The van der Waals surface area contributed by atoms with Crippen LogP contribution in [0.5, 0.6) is 0 Å². The van der Waals surface area contributed by atoms with Crippen molar-refractivity contribution in [3.63, 3.8) is 0 Å². The summed E-state index contributed by atoms with van der Waals surface area (Å²) < 4.78 is 0. The van der Waals surface area contributed by atoms with Gasteiger partial charge < -0.3 is 4.90 Å². The Labute approximate surface area is 160 Å². The Hall–Kier alpha value is -2.32. The standard InChI is InChI=1S/C21H25N3OS/c1-5-11-24(13-18-9-7-6-8-10-18)20(25)14-26-21-19(12-22)16(3)15(2)17(4)23-21/h6-10H,5,11,13-14H2,1-4H3. The number of benzene rings is 1. The first-order chi connectivity index (χ1) is 12.5. The van der Waals surface area contributed by atoms with E-state index < -0.39 is 0 Å². The normalized spacial score (nSPS) is 10.4. The predicted molar refractivity (Wildman–Crippen MR) is 106 cm³/mol. The highest BCUT2D eigenvalue weighted by Gasteiger charge is 2.17. The molecule has 0 aliphatic carbocycles. The second-order valence-electron chi connectivity index (χ2n) is 6.33. The minimum atomic E-state index is 0.0715. The van der Waals surface area contributed by atoms with Crippen molar-refractivity contribution in [3.05, 3.63) is 58.3 Å². The van der Waals surface area contributed by atoms with Gasteiger partial charge in [0, 0.05) is 18.8 Å². The third-order valence-electron chi connectivity index (χ3n) is 4.47. The minimum Gasteiger partial charge on any atom is -0.338 e. The second-order valence-corrected chi connectivity index (χ2v) is 7.29. The largest absolute Gasteiger partial charge is 0.338 e. The predicted octanol–water partition coefficient (Wildman–Crippen LogP) is 4.41. The van der Waals surface area contributed by atoms with E-state index in [0.29, 0.717) is 17.1 Å². The third kappa shape index (κ3) is 4.86. The van der Waals surface area contributed by atoms with Crippen LogP contribution < -0.4 is 0 Å². The maximum Gasteiger partial charge on any atom is 0.233 e. The monoisotopic (exact) mass is 367 g/mol. The summed E-state index contributed by atoms with van der Waals surface area (Å²) in [5, 5.41) is 10.1. The molecule has 1 heterocycles. The van der Waals surface area contributed by atoms with Crippen molar-refractivity contribution < 1.29 is 4.79 Å². The lowest BCUT2D eigenvalue weighted by molar-refractivity contribution is -0.129. The summed E-state index contributed by atoms with van der Waals surface area (Å²) >= 11 is 1.36. The topological polar surface area (TPSA) is 57.0 Å². The van der Waals surface area contributed by atoms with Gasteiger partial charge in [0.1, 0.15) is 11.1 Å². The van der Waals surface area contributed by atoms with Crippen LogP contribution in [0.25, 0.3) is 0 Å². The lowest BCUT2D eigenvalue weighted by Gasteiger charge is -2.22. The van der Waals surface area contributed by atoms with Gasteiger partial charge in [-0.2, -0.15) is 5.26 Å². The molecule has 0 aliphatic heterocycles. The Kier molecular flexibility index (Phi) is 7.23. The summed E-state index contributed by atoms with van der Waals surface area (Å²) in [6.45, 7) is 9.25. The minimum absolute atomic E-state index is 0.0715. The van der Waals surface area contributed by atoms with Crippen molar-refractivity contribution >= 4 is 17.7 Å². The van der Waals surface area contributed by atoms with Gasteiger partial charge in [0.25, 0.3) is 0 Å². The number of amides is 1. The van der Waals surface area contributed by atoms with E-state index in [0.717, 1.165) is 35.3 Å². The van der Waals surface area contributed by atoms with Crippen LogP contribution in [-0.4, -0.2) is 28.1 Å². The first kappa shape index (κ1) is 20.0. The molecule has 5 heteroatoms. The van der Waals surface area contributed by atoms with Crippen molar-refractivity contribution in [3.8, 4) is 6.07 Å². The molecule has 0 saturated carbocycles. The summed E-state index contributed by atoms with van der Waals surface area (Å²) in [5.41, 5.74) is 4.60. The van der Waals surface area contributed by atoms with Crippen molar-refractivity contribution in [2.24, 2.45) is 0 Å². The molecule has 2 rings (SSSR count). The number of rotatable bonds is 7. The maximum atomic E-state index is 12.7. The summed E-state index contributed by atoms with van der Waals surface area (Å²) in [5.74, 6) is 0.360. The fraction of sp³-hybridized carbons (Fsp3) is 0.381. The maximum absolute atomic E-state index is 12.7. The summed E-state index contributed by atoms with van der Waals surface area (Å²) in [7, 11) is 0. The van der Waals surface area contributed by atoms with Crippen molar-refractivity contribution in [1.29, 1.82) is 5.26 Å². The molecule has 1 aromatic heterocycles. The van der Waals surface area contributed by atoms with Gasteiger partial charge in [-0.05, 0) is 43.9 Å². The molecule has 136 valence electrons. The van der Waals surface area contributed by atoms with Gasteiger partial charge in [0.05, 0.1) is 11.3 Å². The number of nitriles is 1. The number of carbonyl (C=O) groups excluding carboxylic acids is 1. The van der Waals surface area contributed by atoms with Gasteiger partial charge in [0.2, 0.25) is 5.91 Å². The van der Waals surface area contributed by atoms with Crippen LogP contribution in [0.3, 0.4) is 0 Å². The highest BCUT2D eigenvalue weighted by Crippen LogP contribution is 2.26. The molecule has 0 atom stereocenters. The average molecular weight is 368 g/mol. The van der Waals surface area contributed by atoms with E-state index in [2.05, 4.69) is 18.0 Å². The smallest absolute Gasteiger partial charge is 0.233 e. The fourth-order valence-corrected chi connectivity index (χ4v) is 3.72. The van der Waals surface area contributed by atoms with E-state index in [1.54, 1.807) is 0 Å². The van der Waals surface area contributed by atoms with E-state index in [1.807, 2.05) is 56.0 Å². The quantitative estimate of drug-likeness (QED) is 0.680. The van der Waals surface area contributed by atoms with Crippen LogP contribution in [0.1, 0.15) is 41.3 Å². The van der Waals surface area contributed by atoms with E-state index in [1.165, 1.54) is 11.8 Å².